The molecular weight excluding hydrogens is 254 g/mol. The highest BCUT2D eigenvalue weighted by Crippen LogP contribution is 2.39. The number of hydrogen-bond acceptors (Lipinski definition) is 2. The minimum Gasteiger partial charge on any atom is -0.399 e. The van der Waals surface area contributed by atoms with Crippen molar-refractivity contribution >= 4 is 22.9 Å². The molecule has 0 amide bonds. The third kappa shape index (κ3) is 2.07. The highest BCUT2D eigenvalue weighted by Gasteiger charge is 2.49. The topological polar surface area (TPSA) is 38.0 Å². The third-order valence-electron chi connectivity index (χ3n) is 3.52. The van der Waals surface area contributed by atoms with E-state index in [-0.39, 0.29) is 11.4 Å². The number of rotatable bonds is 1. The first-order valence-corrected chi connectivity index (χ1v) is 6.18. The first-order valence-electron chi connectivity index (χ1n) is 5.77. The van der Waals surface area contributed by atoms with E-state index < -0.39 is 17.4 Å². The van der Waals surface area contributed by atoms with Crippen LogP contribution in [0.15, 0.2) is 24.3 Å². The summed E-state index contributed by atoms with van der Waals surface area (Å²) in [5, 5.41) is 2.80. The Balaban J connectivity index is 2.40. The average Bonchev–Trinajstić information content (AvgIpc) is 2.26. The predicted octanol–water partition coefficient (Wildman–Crippen LogP) is 2.87. The molecule has 2 rings (SSSR count). The van der Waals surface area contributed by atoms with Crippen molar-refractivity contribution in [2.75, 3.05) is 5.73 Å². The minimum atomic E-state index is -1.80. The van der Waals surface area contributed by atoms with E-state index in [1.165, 1.54) is 6.92 Å². The van der Waals surface area contributed by atoms with E-state index in [2.05, 4.69) is 5.32 Å². The van der Waals surface area contributed by atoms with Crippen LogP contribution in [-0.2, 0) is 5.54 Å². The van der Waals surface area contributed by atoms with E-state index in [4.69, 9.17) is 18.0 Å². The second-order valence-corrected chi connectivity index (χ2v) is 5.56. The molecular formula is C13H16F2N2S. The van der Waals surface area contributed by atoms with Gasteiger partial charge in [-0.25, -0.2) is 8.78 Å². The van der Waals surface area contributed by atoms with Crippen LogP contribution in [0.1, 0.15) is 25.8 Å². The van der Waals surface area contributed by atoms with Crippen LogP contribution in [0.2, 0.25) is 0 Å². The van der Waals surface area contributed by atoms with Gasteiger partial charge in [0.15, 0.2) is 5.67 Å². The summed E-state index contributed by atoms with van der Waals surface area (Å²) in [7, 11) is 0. The smallest absolute Gasteiger partial charge is 0.160 e. The van der Waals surface area contributed by atoms with E-state index in [0.717, 1.165) is 0 Å². The molecule has 0 aromatic heterocycles. The predicted molar refractivity (Wildman–Crippen MR) is 73.0 cm³/mol. The van der Waals surface area contributed by atoms with Gasteiger partial charge in [0, 0.05) is 12.1 Å². The Morgan fingerprint density at radius 2 is 2.11 bits per heavy atom. The van der Waals surface area contributed by atoms with Crippen molar-refractivity contribution < 1.29 is 8.78 Å². The number of thiocarbonyl (C=S) groups is 1. The van der Waals surface area contributed by atoms with Gasteiger partial charge in [0.2, 0.25) is 0 Å². The number of piperidine rings is 1. The highest BCUT2D eigenvalue weighted by molar-refractivity contribution is 7.80. The van der Waals surface area contributed by atoms with Gasteiger partial charge >= 0.3 is 0 Å². The molecule has 0 spiro atoms. The number of nitrogen functional groups attached to an aromatic ring is 1. The Labute approximate surface area is 111 Å². The number of halogens is 2. The SMILES string of the molecule is CC1(F)CC(F)[C@@](C)(c2cccc(N)c2)NC1=S. The molecule has 2 unspecified atom stereocenters. The lowest BCUT2D eigenvalue weighted by molar-refractivity contribution is 0.0878. The molecule has 2 nitrogen and oxygen atoms in total. The Bertz CT molecular complexity index is 490. The number of alkyl halides is 2. The third-order valence-corrected chi connectivity index (χ3v) is 4.05. The van der Waals surface area contributed by atoms with Gasteiger partial charge in [-0.05, 0) is 31.5 Å². The van der Waals surface area contributed by atoms with Crippen molar-refractivity contribution in [3.05, 3.63) is 29.8 Å². The Morgan fingerprint density at radius 3 is 2.72 bits per heavy atom. The zero-order chi connectivity index (χ0) is 13.6. The standard InChI is InChI=1S/C13H16F2N2S/c1-12(15)7-10(14)13(2,17-11(12)18)8-4-3-5-9(16)6-8/h3-6,10H,7,16H2,1-2H3,(H,17,18)/t10?,12?,13-/m1/s1. The van der Waals surface area contributed by atoms with Crippen LogP contribution in [0.25, 0.3) is 0 Å². The quantitative estimate of drug-likeness (QED) is 0.609. The summed E-state index contributed by atoms with van der Waals surface area (Å²) >= 11 is 4.99. The van der Waals surface area contributed by atoms with Crippen LogP contribution >= 0.6 is 12.2 Å². The molecule has 0 bridgehead atoms. The van der Waals surface area contributed by atoms with E-state index in [9.17, 15) is 8.78 Å². The fourth-order valence-electron chi connectivity index (χ4n) is 2.19. The molecule has 1 fully saturated rings. The average molecular weight is 270 g/mol. The second-order valence-electron chi connectivity index (χ2n) is 5.15. The molecule has 1 aliphatic rings. The summed E-state index contributed by atoms with van der Waals surface area (Å²) in [5.74, 6) is 0. The molecule has 3 atom stereocenters. The van der Waals surface area contributed by atoms with Crippen molar-refractivity contribution in [2.24, 2.45) is 0 Å². The molecule has 0 saturated carbocycles. The number of nitrogens with two attached hydrogens (primary N) is 1. The van der Waals surface area contributed by atoms with E-state index in [1.807, 2.05) is 0 Å². The van der Waals surface area contributed by atoms with E-state index in [1.54, 1.807) is 31.2 Å². The van der Waals surface area contributed by atoms with Crippen molar-refractivity contribution in [2.45, 2.75) is 37.6 Å². The van der Waals surface area contributed by atoms with Crippen molar-refractivity contribution in [3.8, 4) is 0 Å². The van der Waals surface area contributed by atoms with Gasteiger partial charge in [-0.3, -0.25) is 0 Å². The molecule has 0 aliphatic carbocycles. The minimum absolute atomic E-state index is 0.0429. The lowest BCUT2D eigenvalue weighted by Crippen LogP contribution is -2.61. The molecule has 98 valence electrons. The van der Waals surface area contributed by atoms with Gasteiger partial charge in [0.1, 0.15) is 11.2 Å². The molecule has 1 aromatic carbocycles. The molecule has 5 heteroatoms. The highest BCUT2D eigenvalue weighted by atomic mass is 32.1. The van der Waals surface area contributed by atoms with Gasteiger partial charge in [-0.15, -0.1) is 0 Å². The van der Waals surface area contributed by atoms with Gasteiger partial charge < -0.3 is 11.1 Å². The van der Waals surface area contributed by atoms with Gasteiger partial charge in [0.25, 0.3) is 0 Å². The van der Waals surface area contributed by atoms with Gasteiger partial charge in [-0.2, -0.15) is 0 Å². The maximum Gasteiger partial charge on any atom is 0.160 e. The van der Waals surface area contributed by atoms with Crippen LogP contribution in [0.3, 0.4) is 0 Å². The van der Waals surface area contributed by atoms with Gasteiger partial charge in [-0.1, -0.05) is 24.4 Å². The maximum absolute atomic E-state index is 14.3. The first-order chi connectivity index (χ1) is 8.25. The molecule has 18 heavy (non-hydrogen) atoms. The number of nitrogens with one attached hydrogen (secondary N) is 1. The van der Waals surface area contributed by atoms with Crippen LogP contribution in [0.5, 0.6) is 0 Å². The van der Waals surface area contributed by atoms with Crippen molar-refractivity contribution in [3.63, 3.8) is 0 Å². The summed E-state index contributed by atoms with van der Waals surface area (Å²) in [6.45, 7) is 2.97. The van der Waals surface area contributed by atoms with Crippen LogP contribution in [0, 0.1) is 0 Å². The van der Waals surface area contributed by atoms with Crippen LogP contribution in [0.4, 0.5) is 14.5 Å². The molecule has 1 aromatic rings. The number of anilines is 1. The second kappa shape index (κ2) is 4.16. The fraction of sp³-hybridized carbons (Fsp3) is 0.462. The zero-order valence-electron chi connectivity index (χ0n) is 10.3. The summed E-state index contributed by atoms with van der Waals surface area (Å²) in [5.41, 5.74) is 4.09. The summed E-state index contributed by atoms with van der Waals surface area (Å²) in [4.78, 5) is 0.0429. The monoisotopic (exact) mass is 270 g/mol. The zero-order valence-corrected chi connectivity index (χ0v) is 11.2. The van der Waals surface area contributed by atoms with E-state index in [0.29, 0.717) is 11.3 Å². The summed E-state index contributed by atoms with van der Waals surface area (Å²) in [6.07, 6.45) is -1.62. The van der Waals surface area contributed by atoms with Crippen LogP contribution in [-0.4, -0.2) is 16.8 Å². The Morgan fingerprint density at radius 1 is 1.44 bits per heavy atom. The van der Waals surface area contributed by atoms with Crippen molar-refractivity contribution in [1.82, 2.24) is 5.32 Å². The normalized spacial score (nSPS) is 36.2. The summed E-state index contributed by atoms with van der Waals surface area (Å²) < 4.78 is 28.3. The number of benzene rings is 1. The molecule has 1 heterocycles. The fourth-order valence-corrected chi connectivity index (χ4v) is 2.49. The summed E-state index contributed by atoms with van der Waals surface area (Å²) in [6, 6.07) is 6.92. The maximum atomic E-state index is 14.3. The largest absolute Gasteiger partial charge is 0.399 e. The molecule has 1 aliphatic heterocycles. The Hall–Kier alpha value is -1.23. The lowest BCUT2D eigenvalue weighted by Gasteiger charge is -2.44. The number of hydrogen-bond donors (Lipinski definition) is 2. The Kier molecular flexibility index (Phi) is 3.05. The van der Waals surface area contributed by atoms with Crippen LogP contribution < -0.4 is 11.1 Å². The first kappa shape index (κ1) is 13.2. The molecule has 1 saturated heterocycles. The van der Waals surface area contributed by atoms with Gasteiger partial charge in [0.05, 0.1) is 5.54 Å². The molecule has 0 radical (unpaired) electrons. The van der Waals surface area contributed by atoms with E-state index >= 15 is 0 Å². The lowest BCUT2D eigenvalue weighted by atomic mass is 9.78. The van der Waals surface area contributed by atoms with Crippen molar-refractivity contribution in [1.29, 1.82) is 0 Å². The molecule has 3 N–H and O–H groups in total.